The molecule has 0 unspecified atom stereocenters. The molecule has 2 aromatic carbocycles. The number of benzene rings is 2. The molecule has 5 heteroatoms. The molecule has 0 aromatic heterocycles. The highest BCUT2D eigenvalue weighted by atomic mass is 79.9. The number of anilines is 1. The van der Waals surface area contributed by atoms with Gasteiger partial charge in [-0.1, -0.05) is 46.3 Å². The Morgan fingerprint density at radius 2 is 1.74 bits per heavy atom. The third-order valence-electron chi connectivity index (χ3n) is 3.63. The van der Waals surface area contributed by atoms with Crippen LogP contribution in [-0.2, 0) is 16.0 Å². The van der Waals surface area contributed by atoms with Gasteiger partial charge >= 0.3 is 0 Å². The Balaban J connectivity index is 1.86. The summed E-state index contributed by atoms with van der Waals surface area (Å²) in [5.74, 6) is -0.424. The summed E-state index contributed by atoms with van der Waals surface area (Å²) in [6.07, 6.45) is 0.234. The molecule has 0 fully saturated rings. The smallest absolute Gasteiger partial charge is 0.243 e. The van der Waals surface area contributed by atoms with Crippen molar-refractivity contribution in [2.45, 2.75) is 20.3 Å². The fourth-order valence-corrected chi connectivity index (χ4v) is 2.56. The van der Waals surface area contributed by atoms with E-state index in [9.17, 15) is 9.59 Å². The van der Waals surface area contributed by atoms with Crippen LogP contribution in [0, 0.1) is 13.8 Å². The molecule has 2 amide bonds. The molecule has 0 spiro atoms. The standard InChI is InChI=1S/C18H19BrN2O2/c1-12-6-5-9-16(13(12)2)21-18(23)11-20-17(22)10-14-7-3-4-8-15(14)19/h3-9H,10-11H2,1-2H3,(H,20,22)(H,21,23). The first kappa shape index (κ1) is 17.2. The number of carbonyl (C=O) groups is 2. The number of amides is 2. The van der Waals surface area contributed by atoms with Gasteiger partial charge in [-0.15, -0.1) is 0 Å². The molecule has 0 aliphatic carbocycles. The quantitative estimate of drug-likeness (QED) is 0.842. The lowest BCUT2D eigenvalue weighted by atomic mass is 10.1. The Morgan fingerprint density at radius 1 is 1.00 bits per heavy atom. The average molecular weight is 375 g/mol. The minimum atomic E-state index is -0.237. The molecule has 0 aliphatic rings. The monoisotopic (exact) mass is 374 g/mol. The fourth-order valence-electron chi connectivity index (χ4n) is 2.14. The number of halogens is 1. The third-order valence-corrected chi connectivity index (χ3v) is 4.41. The summed E-state index contributed by atoms with van der Waals surface area (Å²) in [7, 11) is 0. The van der Waals surface area contributed by atoms with Crippen LogP contribution in [0.1, 0.15) is 16.7 Å². The predicted octanol–water partition coefficient (Wildman–Crippen LogP) is 3.36. The second kappa shape index (κ2) is 7.92. The van der Waals surface area contributed by atoms with Crippen LogP contribution in [0.25, 0.3) is 0 Å². The molecule has 120 valence electrons. The van der Waals surface area contributed by atoms with Crippen molar-refractivity contribution in [1.29, 1.82) is 0 Å². The van der Waals surface area contributed by atoms with Crippen LogP contribution in [0.3, 0.4) is 0 Å². The third kappa shape index (κ3) is 4.93. The summed E-state index contributed by atoms with van der Waals surface area (Å²) >= 11 is 3.40. The van der Waals surface area contributed by atoms with E-state index in [2.05, 4.69) is 26.6 Å². The number of carbonyl (C=O) groups excluding carboxylic acids is 2. The van der Waals surface area contributed by atoms with E-state index in [0.717, 1.165) is 26.9 Å². The molecule has 2 rings (SSSR count). The van der Waals surface area contributed by atoms with E-state index in [0.29, 0.717) is 0 Å². The van der Waals surface area contributed by atoms with Crippen LogP contribution >= 0.6 is 15.9 Å². The Kier molecular flexibility index (Phi) is 5.93. The maximum absolute atomic E-state index is 12.0. The summed E-state index contributed by atoms with van der Waals surface area (Å²) in [6, 6.07) is 13.3. The molecular weight excluding hydrogens is 356 g/mol. The molecule has 2 N–H and O–H groups in total. The van der Waals surface area contributed by atoms with E-state index in [4.69, 9.17) is 0 Å². The van der Waals surface area contributed by atoms with E-state index in [1.54, 1.807) is 0 Å². The normalized spacial score (nSPS) is 10.2. The number of nitrogens with one attached hydrogen (secondary N) is 2. The maximum Gasteiger partial charge on any atom is 0.243 e. The van der Waals surface area contributed by atoms with E-state index in [-0.39, 0.29) is 24.8 Å². The fraction of sp³-hybridized carbons (Fsp3) is 0.222. The first-order valence-corrected chi connectivity index (χ1v) is 8.13. The molecule has 23 heavy (non-hydrogen) atoms. The topological polar surface area (TPSA) is 58.2 Å². The van der Waals surface area contributed by atoms with E-state index < -0.39 is 0 Å². The highest BCUT2D eigenvalue weighted by Crippen LogP contribution is 2.18. The number of hydrogen-bond acceptors (Lipinski definition) is 2. The number of rotatable bonds is 5. The molecule has 4 nitrogen and oxygen atoms in total. The van der Waals surface area contributed by atoms with Crippen molar-refractivity contribution in [3.05, 3.63) is 63.6 Å². The van der Waals surface area contributed by atoms with Gasteiger partial charge in [-0.2, -0.15) is 0 Å². The van der Waals surface area contributed by atoms with Gasteiger partial charge in [-0.25, -0.2) is 0 Å². The molecular formula is C18H19BrN2O2. The zero-order chi connectivity index (χ0) is 16.8. The van der Waals surface area contributed by atoms with Crippen LogP contribution < -0.4 is 10.6 Å². The van der Waals surface area contributed by atoms with Gasteiger partial charge in [0, 0.05) is 10.2 Å². The van der Waals surface area contributed by atoms with Crippen molar-refractivity contribution in [3.8, 4) is 0 Å². The molecule has 0 atom stereocenters. The predicted molar refractivity (Wildman–Crippen MR) is 95.4 cm³/mol. The van der Waals surface area contributed by atoms with Gasteiger partial charge in [0.15, 0.2) is 0 Å². The van der Waals surface area contributed by atoms with Gasteiger partial charge in [0.25, 0.3) is 0 Å². The summed E-state index contributed by atoms with van der Waals surface area (Å²) in [6.45, 7) is 3.90. The Bertz CT molecular complexity index is 729. The first-order chi connectivity index (χ1) is 11.0. The highest BCUT2D eigenvalue weighted by Gasteiger charge is 2.10. The summed E-state index contributed by atoms with van der Waals surface area (Å²) < 4.78 is 0.884. The lowest BCUT2D eigenvalue weighted by Gasteiger charge is -2.11. The van der Waals surface area contributed by atoms with Crippen molar-refractivity contribution in [2.75, 3.05) is 11.9 Å². The highest BCUT2D eigenvalue weighted by molar-refractivity contribution is 9.10. The molecule has 0 saturated heterocycles. The van der Waals surface area contributed by atoms with Gasteiger partial charge in [-0.3, -0.25) is 9.59 Å². The molecule has 0 bridgehead atoms. The van der Waals surface area contributed by atoms with Gasteiger partial charge in [0.05, 0.1) is 13.0 Å². The van der Waals surface area contributed by atoms with Gasteiger partial charge in [0.1, 0.15) is 0 Å². The molecule has 0 heterocycles. The Morgan fingerprint density at radius 3 is 2.48 bits per heavy atom. The number of hydrogen-bond donors (Lipinski definition) is 2. The maximum atomic E-state index is 12.0. The van der Waals surface area contributed by atoms with E-state index >= 15 is 0 Å². The largest absolute Gasteiger partial charge is 0.347 e. The lowest BCUT2D eigenvalue weighted by molar-refractivity contribution is -0.123. The minimum Gasteiger partial charge on any atom is -0.347 e. The van der Waals surface area contributed by atoms with Gasteiger partial charge in [-0.05, 0) is 42.7 Å². The summed E-state index contributed by atoms with van der Waals surface area (Å²) in [4.78, 5) is 23.9. The second-order valence-electron chi connectivity index (χ2n) is 5.34. The number of aryl methyl sites for hydroxylation is 1. The average Bonchev–Trinajstić information content (AvgIpc) is 2.52. The molecule has 0 aliphatic heterocycles. The van der Waals surface area contributed by atoms with Crippen molar-refractivity contribution in [2.24, 2.45) is 0 Å². The van der Waals surface area contributed by atoms with Gasteiger partial charge < -0.3 is 10.6 Å². The summed E-state index contributed by atoms with van der Waals surface area (Å²) in [5, 5.41) is 5.46. The Hall–Kier alpha value is -2.14. The van der Waals surface area contributed by atoms with Crippen LogP contribution in [-0.4, -0.2) is 18.4 Å². The Labute approximate surface area is 144 Å². The van der Waals surface area contributed by atoms with Crippen LogP contribution in [0.4, 0.5) is 5.69 Å². The van der Waals surface area contributed by atoms with Crippen molar-refractivity contribution < 1.29 is 9.59 Å². The second-order valence-corrected chi connectivity index (χ2v) is 6.19. The van der Waals surface area contributed by atoms with Crippen molar-refractivity contribution >= 4 is 33.4 Å². The minimum absolute atomic E-state index is 0.0450. The van der Waals surface area contributed by atoms with Crippen molar-refractivity contribution in [1.82, 2.24) is 5.32 Å². The molecule has 0 radical (unpaired) electrons. The van der Waals surface area contributed by atoms with Crippen LogP contribution in [0.2, 0.25) is 0 Å². The van der Waals surface area contributed by atoms with E-state index in [1.165, 1.54) is 0 Å². The summed E-state index contributed by atoms with van der Waals surface area (Å²) in [5.41, 5.74) is 3.80. The van der Waals surface area contributed by atoms with Crippen LogP contribution in [0.5, 0.6) is 0 Å². The zero-order valence-electron chi connectivity index (χ0n) is 13.2. The molecule has 0 saturated carbocycles. The van der Waals surface area contributed by atoms with Crippen LogP contribution in [0.15, 0.2) is 46.9 Å². The van der Waals surface area contributed by atoms with Gasteiger partial charge in [0.2, 0.25) is 11.8 Å². The van der Waals surface area contributed by atoms with E-state index in [1.807, 2.05) is 56.3 Å². The first-order valence-electron chi connectivity index (χ1n) is 7.33. The zero-order valence-corrected chi connectivity index (χ0v) is 14.7. The SMILES string of the molecule is Cc1cccc(NC(=O)CNC(=O)Cc2ccccc2Br)c1C. The molecule has 2 aromatic rings. The van der Waals surface area contributed by atoms with Crippen molar-refractivity contribution in [3.63, 3.8) is 0 Å². The lowest BCUT2D eigenvalue weighted by Crippen LogP contribution is -2.34.